The van der Waals surface area contributed by atoms with E-state index in [1.807, 2.05) is 47.1 Å². The molecule has 1 saturated heterocycles. The molecule has 0 aliphatic carbocycles. The van der Waals surface area contributed by atoms with E-state index in [1.165, 1.54) is 0 Å². The predicted octanol–water partition coefficient (Wildman–Crippen LogP) is 4.42. The quantitative estimate of drug-likeness (QED) is 0.625. The molecule has 0 bridgehead atoms. The van der Waals surface area contributed by atoms with Gasteiger partial charge in [0.25, 0.3) is 0 Å². The Hall–Kier alpha value is -2.64. The fraction of sp³-hybridized carbons (Fsp3) is 0.333. The van der Waals surface area contributed by atoms with E-state index >= 15 is 0 Å². The zero-order valence-electron chi connectivity index (χ0n) is 16.1. The molecule has 28 heavy (non-hydrogen) atoms. The third kappa shape index (κ3) is 3.68. The Morgan fingerprint density at radius 2 is 1.96 bits per heavy atom. The van der Waals surface area contributed by atoms with E-state index < -0.39 is 0 Å². The first kappa shape index (κ1) is 18.7. The summed E-state index contributed by atoms with van der Waals surface area (Å²) >= 11 is 5.50. The monoisotopic (exact) mass is 396 g/mol. The Morgan fingerprint density at radius 3 is 2.71 bits per heavy atom. The molecule has 0 amide bonds. The number of hydrogen-bond acceptors (Lipinski definition) is 5. The first-order valence-electron chi connectivity index (χ1n) is 9.38. The molecule has 1 aromatic heterocycles. The molecule has 1 N–H and O–H groups in total. The molecule has 6 nitrogen and oxygen atoms in total. The van der Waals surface area contributed by atoms with Gasteiger partial charge in [-0.05, 0) is 43.3 Å². The summed E-state index contributed by atoms with van der Waals surface area (Å²) < 4.78 is 13.5. The van der Waals surface area contributed by atoms with Gasteiger partial charge >= 0.3 is 0 Å². The number of nitrogens with one attached hydrogen (secondary N) is 1. The fourth-order valence-corrected chi connectivity index (χ4v) is 4.00. The van der Waals surface area contributed by atoms with E-state index in [9.17, 15) is 0 Å². The number of hydrogen-bond donors (Lipinski definition) is 1. The molecule has 2 heterocycles. The van der Waals surface area contributed by atoms with Crippen molar-refractivity contribution in [3.63, 3.8) is 0 Å². The van der Waals surface area contributed by atoms with E-state index in [0.717, 1.165) is 47.8 Å². The van der Waals surface area contributed by atoms with Gasteiger partial charge < -0.3 is 9.47 Å². The summed E-state index contributed by atoms with van der Waals surface area (Å²) in [6.07, 6.45) is 2.19. The zero-order valence-corrected chi connectivity index (χ0v) is 16.9. The molecule has 4 rings (SSSR count). The average Bonchev–Trinajstić information content (AvgIpc) is 3.35. The van der Waals surface area contributed by atoms with Crippen molar-refractivity contribution in [1.29, 1.82) is 0 Å². The third-order valence-corrected chi connectivity index (χ3v) is 5.52. The maximum atomic E-state index is 5.61. The van der Waals surface area contributed by atoms with Gasteiger partial charge in [-0.2, -0.15) is 4.98 Å². The van der Waals surface area contributed by atoms with Crippen molar-refractivity contribution in [2.45, 2.75) is 25.6 Å². The minimum absolute atomic E-state index is 0.246. The van der Waals surface area contributed by atoms with Crippen LogP contribution in [0.4, 0.5) is 0 Å². The summed E-state index contributed by atoms with van der Waals surface area (Å²) in [5.74, 6) is 2.52. The van der Waals surface area contributed by atoms with Gasteiger partial charge in [-0.3, -0.25) is 10.00 Å². The Bertz CT molecular complexity index is 999. The van der Waals surface area contributed by atoms with Crippen LogP contribution in [-0.4, -0.2) is 40.4 Å². The third-order valence-electron chi connectivity index (χ3n) is 5.21. The molecule has 0 spiro atoms. The molecule has 2 aromatic carbocycles. The number of aromatic amines is 1. The van der Waals surface area contributed by atoms with Crippen LogP contribution in [0.25, 0.3) is 11.4 Å². The summed E-state index contributed by atoms with van der Waals surface area (Å²) in [6.45, 7) is 1.65. The van der Waals surface area contributed by atoms with Crippen molar-refractivity contribution in [2.75, 3.05) is 20.8 Å². The van der Waals surface area contributed by atoms with Crippen molar-refractivity contribution in [1.82, 2.24) is 19.7 Å². The van der Waals surface area contributed by atoms with Gasteiger partial charge in [0.1, 0.15) is 11.5 Å². The van der Waals surface area contributed by atoms with Crippen molar-refractivity contribution >= 4 is 12.2 Å². The summed E-state index contributed by atoms with van der Waals surface area (Å²) in [5.41, 5.74) is 2.17. The Labute approximate surface area is 169 Å². The number of aromatic nitrogens is 3. The molecule has 1 aliphatic rings. The molecular formula is C21H24N4O2S. The molecule has 146 valence electrons. The van der Waals surface area contributed by atoms with Crippen LogP contribution in [0.3, 0.4) is 0 Å². The molecule has 1 atom stereocenters. The van der Waals surface area contributed by atoms with Crippen LogP contribution < -0.4 is 9.47 Å². The van der Waals surface area contributed by atoms with Crippen molar-refractivity contribution in [2.24, 2.45) is 0 Å². The smallest absolute Gasteiger partial charge is 0.217 e. The minimum Gasteiger partial charge on any atom is -0.497 e. The van der Waals surface area contributed by atoms with Gasteiger partial charge in [0, 0.05) is 23.7 Å². The van der Waals surface area contributed by atoms with Crippen LogP contribution in [0.2, 0.25) is 0 Å². The van der Waals surface area contributed by atoms with E-state index in [1.54, 1.807) is 14.2 Å². The highest BCUT2D eigenvalue weighted by molar-refractivity contribution is 7.71. The van der Waals surface area contributed by atoms with Crippen molar-refractivity contribution in [3.05, 3.63) is 58.9 Å². The highest BCUT2D eigenvalue weighted by Gasteiger charge is 2.29. The minimum atomic E-state index is 0.246. The lowest BCUT2D eigenvalue weighted by Crippen LogP contribution is -2.27. The SMILES string of the molecule is COc1ccc(OC)c([C@@H]2CCCN2Cn2[nH]c(-c3ccccc3)nc2=S)c1. The Kier molecular flexibility index (Phi) is 5.45. The van der Waals surface area contributed by atoms with E-state index in [0.29, 0.717) is 11.4 Å². The van der Waals surface area contributed by atoms with Gasteiger partial charge in [-0.1, -0.05) is 30.3 Å². The summed E-state index contributed by atoms with van der Waals surface area (Å²) in [6, 6.07) is 16.3. The standard InChI is InChI=1S/C21H24N4O2S/c1-26-16-10-11-19(27-2)17(13-16)18-9-6-12-24(18)14-25-21(28)22-20(23-25)15-7-4-3-5-8-15/h3-5,7-8,10-11,13,18H,6,9,12,14H2,1-2H3,(H,22,23,28)/t18-/m0/s1. The van der Waals surface area contributed by atoms with E-state index in [4.69, 9.17) is 21.7 Å². The van der Waals surface area contributed by atoms with Gasteiger partial charge in [-0.15, -0.1) is 0 Å². The zero-order chi connectivity index (χ0) is 19.5. The van der Waals surface area contributed by atoms with Gasteiger partial charge in [0.2, 0.25) is 4.77 Å². The lowest BCUT2D eigenvalue weighted by Gasteiger charge is -2.26. The van der Waals surface area contributed by atoms with Crippen LogP contribution in [0.5, 0.6) is 11.5 Å². The maximum absolute atomic E-state index is 5.61. The lowest BCUT2D eigenvalue weighted by molar-refractivity contribution is 0.187. The second-order valence-electron chi connectivity index (χ2n) is 6.87. The van der Waals surface area contributed by atoms with Gasteiger partial charge in [0.05, 0.1) is 20.9 Å². The average molecular weight is 397 g/mol. The molecule has 0 saturated carbocycles. The van der Waals surface area contributed by atoms with Gasteiger partial charge in [-0.25, -0.2) is 4.68 Å². The van der Waals surface area contributed by atoms with E-state index in [2.05, 4.69) is 21.0 Å². The number of methoxy groups -OCH3 is 2. The molecule has 3 aromatic rings. The normalized spacial score (nSPS) is 17.0. The van der Waals surface area contributed by atoms with Gasteiger partial charge in [0.15, 0.2) is 5.82 Å². The fourth-order valence-electron chi connectivity index (χ4n) is 3.81. The molecule has 7 heteroatoms. The predicted molar refractivity (Wildman–Crippen MR) is 111 cm³/mol. The van der Waals surface area contributed by atoms with Crippen LogP contribution in [-0.2, 0) is 6.67 Å². The molecular weight excluding hydrogens is 372 g/mol. The highest BCUT2D eigenvalue weighted by Crippen LogP contribution is 2.39. The van der Waals surface area contributed by atoms with Crippen LogP contribution in [0.15, 0.2) is 48.5 Å². The van der Waals surface area contributed by atoms with Crippen LogP contribution in [0.1, 0.15) is 24.4 Å². The summed E-state index contributed by atoms with van der Waals surface area (Å²) in [4.78, 5) is 6.94. The lowest BCUT2D eigenvalue weighted by atomic mass is 10.0. The molecule has 0 unspecified atom stereocenters. The molecule has 1 fully saturated rings. The summed E-state index contributed by atoms with van der Waals surface area (Å²) in [5, 5.41) is 3.35. The second kappa shape index (κ2) is 8.16. The largest absolute Gasteiger partial charge is 0.497 e. The Balaban J connectivity index is 1.61. The first-order chi connectivity index (χ1) is 13.7. The number of nitrogens with zero attached hydrogens (tertiary/aromatic N) is 3. The number of ether oxygens (including phenoxy) is 2. The van der Waals surface area contributed by atoms with Crippen molar-refractivity contribution in [3.8, 4) is 22.9 Å². The topological polar surface area (TPSA) is 55.3 Å². The number of rotatable bonds is 6. The first-order valence-corrected chi connectivity index (χ1v) is 9.78. The van der Waals surface area contributed by atoms with Crippen molar-refractivity contribution < 1.29 is 9.47 Å². The van der Waals surface area contributed by atoms with Crippen LogP contribution >= 0.6 is 12.2 Å². The van der Waals surface area contributed by atoms with Crippen LogP contribution in [0, 0.1) is 4.77 Å². The highest BCUT2D eigenvalue weighted by atomic mass is 32.1. The Morgan fingerprint density at radius 1 is 1.14 bits per heavy atom. The molecule has 0 radical (unpaired) electrons. The van der Waals surface area contributed by atoms with E-state index in [-0.39, 0.29) is 6.04 Å². The summed E-state index contributed by atoms with van der Waals surface area (Å²) in [7, 11) is 3.40. The number of H-pyrrole nitrogens is 1. The molecule has 1 aliphatic heterocycles. The number of benzene rings is 2. The second-order valence-corrected chi connectivity index (χ2v) is 7.23. The number of likely N-dealkylation sites (tertiary alicyclic amines) is 1. The maximum Gasteiger partial charge on any atom is 0.217 e.